The average Bonchev–Trinajstić information content (AvgIpc) is 3.37. The lowest BCUT2D eigenvalue weighted by molar-refractivity contribution is -0.155. The zero-order valence-electron chi connectivity index (χ0n) is 16.3. The smallest absolute Gasteiger partial charge is 0.345 e. The molecule has 1 fully saturated rings. The number of nitrogens with one attached hydrogen (secondary N) is 1. The van der Waals surface area contributed by atoms with Crippen LogP contribution in [0.3, 0.4) is 0 Å². The number of carbonyl (C=O) groups is 2. The number of carbonyl (C=O) groups excluding carboxylic acids is 1. The number of nitrogens with zero attached hydrogens (tertiary/aromatic N) is 1. The van der Waals surface area contributed by atoms with Gasteiger partial charge in [-0.15, -0.1) is 11.3 Å². The Morgan fingerprint density at radius 1 is 1.28 bits per heavy atom. The summed E-state index contributed by atoms with van der Waals surface area (Å²) >= 11 is 1.13. The van der Waals surface area contributed by atoms with Crippen molar-refractivity contribution in [2.45, 2.75) is 18.5 Å². The minimum Gasteiger partial charge on any atom is -0.477 e. The standard InChI is InChI=1S/C21H26N2O5S/c1-23-10-9-15(12-23)13-28-20(27)21(14-24,16-5-3-2-4-6-16)22-11-17-7-8-18(29-17)19(25)26/h2-8,15,22,24H,9-14H2,1H3,(H,25,26)/t15-,21?/m0/s1. The van der Waals surface area contributed by atoms with Crippen LogP contribution in [-0.2, 0) is 21.6 Å². The summed E-state index contributed by atoms with van der Waals surface area (Å²) in [5.74, 6) is -1.24. The van der Waals surface area contributed by atoms with E-state index >= 15 is 0 Å². The summed E-state index contributed by atoms with van der Waals surface area (Å²) in [6.07, 6.45) is 0.974. The molecule has 156 valence electrons. The third-order valence-corrected chi connectivity index (χ3v) is 6.30. The Kier molecular flexibility index (Phi) is 7.02. The van der Waals surface area contributed by atoms with Crippen LogP contribution in [0.2, 0.25) is 0 Å². The van der Waals surface area contributed by atoms with Crippen molar-refractivity contribution < 1.29 is 24.5 Å². The van der Waals surface area contributed by atoms with Crippen molar-refractivity contribution >= 4 is 23.3 Å². The van der Waals surface area contributed by atoms with Gasteiger partial charge in [0.15, 0.2) is 5.54 Å². The molecule has 0 radical (unpaired) electrons. The molecule has 1 unspecified atom stereocenters. The molecule has 1 aliphatic heterocycles. The molecule has 8 heteroatoms. The van der Waals surface area contributed by atoms with Gasteiger partial charge in [0.25, 0.3) is 0 Å². The normalized spacial score (nSPS) is 19.0. The van der Waals surface area contributed by atoms with Gasteiger partial charge in [-0.2, -0.15) is 0 Å². The molecule has 7 nitrogen and oxygen atoms in total. The van der Waals surface area contributed by atoms with Gasteiger partial charge in [-0.3, -0.25) is 5.32 Å². The van der Waals surface area contributed by atoms with Gasteiger partial charge >= 0.3 is 11.9 Å². The number of benzene rings is 1. The van der Waals surface area contributed by atoms with Gasteiger partial charge in [0.05, 0.1) is 13.2 Å². The number of carboxylic acid groups (broad SMARTS) is 1. The number of hydrogen-bond donors (Lipinski definition) is 3. The summed E-state index contributed by atoms with van der Waals surface area (Å²) in [4.78, 5) is 27.4. The van der Waals surface area contributed by atoms with E-state index in [2.05, 4.69) is 10.2 Å². The van der Waals surface area contributed by atoms with E-state index in [-0.39, 0.29) is 17.3 Å². The second-order valence-electron chi connectivity index (χ2n) is 7.37. The van der Waals surface area contributed by atoms with E-state index in [1.165, 1.54) is 6.07 Å². The number of likely N-dealkylation sites (tertiary alicyclic amines) is 1. The van der Waals surface area contributed by atoms with Gasteiger partial charge in [0, 0.05) is 23.9 Å². The van der Waals surface area contributed by atoms with Crippen molar-refractivity contribution in [3.63, 3.8) is 0 Å². The highest BCUT2D eigenvalue weighted by Crippen LogP contribution is 2.26. The number of rotatable bonds is 9. The Hall–Kier alpha value is -2.26. The first-order valence-corrected chi connectivity index (χ1v) is 10.4. The van der Waals surface area contributed by atoms with Crippen LogP contribution in [0.5, 0.6) is 0 Å². The minimum atomic E-state index is -1.42. The zero-order valence-corrected chi connectivity index (χ0v) is 17.2. The molecular formula is C21H26N2O5S. The van der Waals surface area contributed by atoms with E-state index < -0.39 is 24.1 Å². The average molecular weight is 419 g/mol. The second-order valence-corrected chi connectivity index (χ2v) is 8.54. The number of aliphatic hydroxyl groups is 1. The molecule has 0 aliphatic carbocycles. The molecule has 29 heavy (non-hydrogen) atoms. The number of thiophene rings is 1. The van der Waals surface area contributed by atoms with E-state index in [9.17, 15) is 14.7 Å². The quantitative estimate of drug-likeness (QED) is 0.535. The fraction of sp³-hybridized carbons (Fsp3) is 0.429. The first-order chi connectivity index (χ1) is 13.9. The van der Waals surface area contributed by atoms with Crippen LogP contribution >= 0.6 is 11.3 Å². The summed E-state index contributed by atoms with van der Waals surface area (Å²) in [6.45, 7) is 1.92. The number of aliphatic hydroxyl groups excluding tert-OH is 1. The number of hydrogen-bond acceptors (Lipinski definition) is 7. The first-order valence-electron chi connectivity index (χ1n) is 9.54. The Morgan fingerprint density at radius 3 is 2.62 bits per heavy atom. The summed E-state index contributed by atoms with van der Waals surface area (Å²) in [6, 6.07) is 12.2. The van der Waals surface area contributed by atoms with Crippen LogP contribution in [0.4, 0.5) is 0 Å². The zero-order chi connectivity index (χ0) is 20.9. The highest BCUT2D eigenvalue weighted by atomic mass is 32.1. The van der Waals surface area contributed by atoms with Crippen molar-refractivity contribution in [1.29, 1.82) is 0 Å². The first kappa shape index (κ1) is 21.4. The Bertz CT molecular complexity index is 841. The van der Waals surface area contributed by atoms with E-state index in [4.69, 9.17) is 9.84 Å². The van der Waals surface area contributed by atoms with Crippen molar-refractivity contribution in [2.75, 3.05) is 33.4 Å². The van der Waals surface area contributed by atoms with Gasteiger partial charge in [-0.25, -0.2) is 9.59 Å². The highest BCUT2D eigenvalue weighted by molar-refractivity contribution is 7.13. The number of carboxylic acids is 1. The van der Waals surface area contributed by atoms with Gasteiger partial charge in [0.1, 0.15) is 4.88 Å². The Labute approximate surface area is 173 Å². The topological polar surface area (TPSA) is 99.1 Å². The maximum atomic E-state index is 13.1. The molecule has 1 aliphatic rings. The molecule has 2 atom stereocenters. The maximum Gasteiger partial charge on any atom is 0.345 e. The van der Waals surface area contributed by atoms with Gasteiger partial charge in [0.2, 0.25) is 0 Å². The fourth-order valence-corrected chi connectivity index (χ4v) is 4.32. The maximum absolute atomic E-state index is 13.1. The van der Waals surface area contributed by atoms with Crippen LogP contribution in [0.15, 0.2) is 42.5 Å². The van der Waals surface area contributed by atoms with Crippen LogP contribution < -0.4 is 5.32 Å². The SMILES string of the molecule is CN1CC[C@H](COC(=O)C(CO)(NCc2ccc(C(=O)O)s2)c2ccccc2)C1. The van der Waals surface area contributed by atoms with E-state index in [1.54, 1.807) is 30.3 Å². The molecule has 3 rings (SSSR count). The largest absolute Gasteiger partial charge is 0.477 e. The fourth-order valence-electron chi connectivity index (χ4n) is 3.53. The van der Waals surface area contributed by atoms with Crippen molar-refractivity contribution in [3.05, 3.63) is 57.8 Å². The van der Waals surface area contributed by atoms with Crippen molar-refractivity contribution in [1.82, 2.24) is 10.2 Å². The molecule has 0 amide bonds. The monoisotopic (exact) mass is 418 g/mol. The van der Waals surface area contributed by atoms with Gasteiger partial charge in [-0.1, -0.05) is 30.3 Å². The third kappa shape index (κ3) is 5.02. The van der Waals surface area contributed by atoms with E-state index in [0.29, 0.717) is 12.2 Å². The predicted octanol–water partition coefficient (Wildman–Crippen LogP) is 1.92. The molecule has 0 saturated carbocycles. The van der Waals surface area contributed by atoms with Gasteiger partial charge < -0.3 is 19.8 Å². The molecular weight excluding hydrogens is 392 g/mol. The molecule has 2 heterocycles. The summed E-state index contributed by atoms with van der Waals surface area (Å²) in [5, 5.41) is 22.5. The number of aromatic carboxylic acids is 1. The number of ether oxygens (including phenoxy) is 1. The second kappa shape index (κ2) is 9.49. The molecule has 0 bridgehead atoms. The van der Waals surface area contributed by atoms with E-state index in [0.717, 1.165) is 35.7 Å². The van der Waals surface area contributed by atoms with Crippen molar-refractivity contribution in [3.8, 4) is 0 Å². The van der Waals surface area contributed by atoms with Crippen LogP contribution in [-0.4, -0.2) is 60.4 Å². The summed E-state index contributed by atoms with van der Waals surface area (Å²) < 4.78 is 5.64. The summed E-state index contributed by atoms with van der Waals surface area (Å²) in [7, 11) is 2.04. The van der Waals surface area contributed by atoms with Crippen LogP contribution in [0.25, 0.3) is 0 Å². The van der Waals surface area contributed by atoms with Crippen LogP contribution in [0, 0.1) is 5.92 Å². The third-order valence-electron chi connectivity index (χ3n) is 5.23. The Balaban J connectivity index is 1.77. The molecule has 2 aromatic rings. The van der Waals surface area contributed by atoms with Crippen LogP contribution in [0.1, 0.15) is 26.5 Å². The van der Waals surface area contributed by atoms with Crippen molar-refractivity contribution in [2.24, 2.45) is 5.92 Å². The molecule has 0 spiro atoms. The highest BCUT2D eigenvalue weighted by Gasteiger charge is 2.41. The molecule has 1 aromatic heterocycles. The molecule has 3 N–H and O–H groups in total. The number of esters is 1. The molecule has 1 aromatic carbocycles. The Morgan fingerprint density at radius 2 is 2.03 bits per heavy atom. The predicted molar refractivity (Wildman–Crippen MR) is 110 cm³/mol. The lowest BCUT2D eigenvalue weighted by atomic mass is 9.90. The lowest BCUT2D eigenvalue weighted by Crippen LogP contribution is -2.53. The lowest BCUT2D eigenvalue weighted by Gasteiger charge is -2.31. The molecule has 1 saturated heterocycles. The van der Waals surface area contributed by atoms with Gasteiger partial charge in [-0.05, 0) is 37.7 Å². The minimum absolute atomic E-state index is 0.226. The summed E-state index contributed by atoms with van der Waals surface area (Å²) in [5.41, 5.74) is -0.815. The van der Waals surface area contributed by atoms with E-state index in [1.807, 2.05) is 13.1 Å².